The van der Waals surface area contributed by atoms with E-state index in [0.717, 1.165) is 0 Å². The molecule has 1 atom stereocenters. The lowest BCUT2D eigenvalue weighted by atomic mass is 10.1. The van der Waals surface area contributed by atoms with Crippen molar-refractivity contribution in [3.63, 3.8) is 0 Å². The van der Waals surface area contributed by atoms with Crippen molar-refractivity contribution in [2.75, 3.05) is 26.2 Å². The van der Waals surface area contributed by atoms with E-state index >= 15 is 0 Å². The summed E-state index contributed by atoms with van der Waals surface area (Å²) >= 11 is 0. The van der Waals surface area contributed by atoms with Gasteiger partial charge in [-0.15, -0.1) is 0 Å². The molecule has 1 N–H and O–H groups in total. The Hall–Kier alpha value is -3.09. The molecule has 1 saturated heterocycles. The van der Waals surface area contributed by atoms with E-state index in [4.69, 9.17) is 4.74 Å². The number of phenols is 1. The van der Waals surface area contributed by atoms with Gasteiger partial charge in [0.25, 0.3) is 11.8 Å². The van der Waals surface area contributed by atoms with E-state index in [1.165, 1.54) is 30.3 Å². The lowest BCUT2D eigenvalue weighted by Crippen LogP contribution is -2.53. The molecule has 1 heterocycles. The summed E-state index contributed by atoms with van der Waals surface area (Å²) in [7, 11) is 0. The third-order valence-electron chi connectivity index (χ3n) is 4.45. The Labute approximate surface area is 156 Å². The Morgan fingerprint density at radius 2 is 1.67 bits per heavy atom. The molecule has 3 rings (SSSR count). The third-order valence-corrected chi connectivity index (χ3v) is 4.45. The van der Waals surface area contributed by atoms with Gasteiger partial charge in [0.05, 0.1) is 0 Å². The van der Waals surface area contributed by atoms with Gasteiger partial charge in [-0.3, -0.25) is 9.59 Å². The van der Waals surface area contributed by atoms with Crippen LogP contribution in [0, 0.1) is 5.82 Å². The second-order valence-corrected chi connectivity index (χ2v) is 6.38. The van der Waals surface area contributed by atoms with Gasteiger partial charge < -0.3 is 19.6 Å². The minimum absolute atomic E-state index is 0.125. The van der Waals surface area contributed by atoms with Gasteiger partial charge in [0, 0.05) is 31.7 Å². The molecule has 0 spiro atoms. The summed E-state index contributed by atoms with van der Waals surface area (Å²) in [6.45, 7) is 3.21. The SMILES string of the molecule is CC(Oc1ccc(O)cc1)C(=O)N1CCN(C(=O)c2cccc(F)c2)CC1. The second-order valence-electron chi connectivity index (χ2n) is 6.38. The third kappa shape index (κ3) is 4.55. The first-order valence-electron chi connectivity index (χ1n) is 8.73. The fraction of sp³-hybridized carbons (Fsp3) is 0.300. The van der Waals surface area contributed by atoms with Crippen LogP contribution >= 0.6 is 0 Å². The maximum Gasteiger partial charge on any atom is 0.263 e. The zero-order chi connectivity index (χ0) is 19.4. The Kier molecular flexibility index (Phi) is 5.59. The van der Waals surface area contributed by atoms with Crippen LogP contribution in [0.5, 0.6) is 11.5 Å². The maximum atomic E-state index is 13.3. The smallest absolute Gasteiger partial charge is 0.263 e. The highest BCUT2D eigenvalue weighted by Gasteiger charge is 2.28. The topological polar surface area (TPSA) is 70.1 Å². The monoisotopic (exact) mass is 372 g/mol. The van der Waals surface area contributed by atoms with Crippen LogP contribution in [0.1, 0.15) is 17.3 Å². The highest BCUT2D eigenvalue weighted by Crippen LogP contribution is 2.18. The summed E-state index contributed by atoms with van der Waals surface area (Å²) in [5.74, 6) is -0.236. The first-order valence-corrected chi connectivity index (χ1v) is 8.73. The molecule has 0 bridgehead atoms. The molecular formula is C20H21FN2O4. The molecule has 0 aliphatic carbocycles. The van der Waals surface area contributed by atoms with E-state index in [1.807, 2.05) is 0 Å². The highest BCUT2D eigenvalue weighted by atomic mass is 19.1. The van der Waals surface area contributed by atoms with Crippen molar-refractivity contribution in [1.82, 2.24) is 9.80 Å². The number of piperazine rings is 1. The number of hydrogen-bond acceptors (Lipinski definition) is 4. The molecule has 27 heavy (non-hydrogen) atoms. The lowest BCUT2D eigenvalue weighted by molar-refractivity contribution is -0.139. The molecule has 2 aromatic carbocycles. The minimum atomic E-state index is -0.681. The quantitative estimate of drug-likeness (QED) is 0.894. The number of ether oxygens (including phenoxy) is 1. The fourth-order valence-electron chi connectivity index (χ4n) is 2.97. The largest absolute Gasteiger partial charge is 0.508 e. The Morgan fingerprint density at radius 1 is 1.04 bits per heavy atom. The molecule has 0 aromatic heterocycles. The van der Waals surface area contributed by atoms with Crippen molar-refractivity contribution in [2.45, 2.75) is 13.0 Å². The number of halogens is 1. The van der Waals surface area contributed by atoms with E-state index in [9.17, 15) is 19.1 Å². The van der Waals surface area contributed by atoms with Crippen LogP contribution in [0.4, 0.5) is 4.39 Å². The van der Waals surface area contributed by atoms with Crippen molar-refractivity contribution in [3.05, 3.63) is 59.9 Å². The number of hydrogen-bond donors (Lipinski definition) is 1. The van der Waals surface area contributed by atoms with Crippen LogP contribution in [-0.4, -0.2) is 59.0 Å². The van der Waals surface area contributed by atoms with E-state index in [2.05, 4.69) is 0 Å². The van der Waals surface area contributed by atoms with Crippen LogP contribution < -0.4 is 4.74 Å². The van der Waals surface area contributed by atoms with E-state index in [0.29, 0.717) is 37.5 Å². The zero-order valence-electron chi connectivity index (χ0n) is 15.0. The van der Waals surface area contributed by atoms with Gasteiger partial charge in [-0.1, -0.05) is 6.07 Å². The van der Waals surface area contributed by atoms with Crippen molar-refractivity contribution >= 4 is 11.8 Å². The van der Waals surface area contributed by atoms with E-state index in [1.54, 1.807) is 34.9 Å². The molecule has 0 saturated carbocycles. The molecule has 1 fully saturated rings. The van der Waals surface area contributed by atoms with Gasteiger partial charge in [-0.2, -0.15) is 0 Å². The maximum absolute atomic E-state index is 13.3. The first kappa shape index (κ1) is 18.7. The van der Waals surface area contributed by atoms with Gasteiger partial charge in [-0.25, -0.2) is 4.39 Å². The number of carbonyl (C=O) groups is 2. The van der Waals surface area contributed by atoms with Crippen LogP contribution in [0.2, 0.25) is 0 Å². The molecule has 1 unspecified atom stereocenters. The van der Waals surface area contributed by atoms with Crippen LogP contribution in [0.3, 0.4) is 0 Å². The second kappa shape index (κ2) is 8.07. The molecule has 6 nitrogen and oxygen atoms in total. The number of aromatic hydroxyl groups is 1. The highest BCUT2D eigenvalue weighted by molar-refractivity contribution is 5.94. The molecule has 2 aromatic rings. The van der Waals surface area contributed by atoms with Crippen LogP contribution in [-0.2, 0) is 4.79 Å². The lowest BCUT2D eigenvalue weighted by Gasteiger charge is -2.36. The molecule has 0 radical (unpaired) electrons. The molecule has 142 valence electrons. The predicted octanol–water partition coefficient (Wildman–Crippen LogP) is 2.28. The molecule has 7 heteroatoms. The standard InChI is InChI=1S/C20H21FN2O4/c1-14(27-18-7-5-17(24)6-8-18)19(25)22-9-11-23(12-10-22)20(26)15-3-2-4-16(21)13-15/h2-8,13-14,24H,9-12H2,1H3. The molecule has 1 aliphatic rings. The predicted molar refractivity (Wildman–Crippen MR) is 97.1 cm³/mol. The van der Waals surface area contributed by atoms with Gasteiger partial charge >= 0.3 is 0 Å². The van der Waals surface area contributed by atoms with Crippen LogP contribution in [0.15, 0.2) is 48.5 Å². The number of amides is 2. The number of rotatable bonds is 4. The number of nitrogens with zero attached hydrogens (tertiary/aromatic N) is 2. The fourth-order valence-corrected chi connectivity index (χ4v) is 2.97. The first-order chi connectivity index (χ1) is 12.9. The summed E-state index contributed by atoms with van der Waals surface area (Å²) in [4.78, 5) is 28.3. The van der Waals surface area contributed by atoms with Crippen molar-refractivity contribution < 1.29 is 23.8 Å². The summed E-state index contributed by atoms with van der Waals surface area (Å²) in [6, 6.07) is 11.8. The number of carbonyl (C=O) groups excluding carboxylic acids is 2. The molecular weight excluding hydrogens is 351 g/mol. The Morgan fingerprint density at radius 3 is 2.30 bits per heavy atom. The Balaban J connectivity index is 1.54. The number of phenolic OH excluding ortho intramolecular Hbond substituents is 1. The summed E-state index contributed by atoms with van der Waals surface area (Å²) in [5, 5.41) is 9.29. The summed E-state index contributed by atoms with van der Waals surface area (Å²) < 4.78 is 18.9. The van der Waals surface area contributed by atoms with Gasteiger partial charge in [0.15, 0.2) is 6.10 Å². The Bertz CT molecular complexity index is 817. The van der Waals surface area contributed by atoms with Crippen LogP contribution in [0.25, 0.3) is 0 Å². The number of benzene rings is 2. The van der Waals surface area contributed by atoms with E-state index < -0.39 is 11.9 Å². The molecule has 2 amide bonds. The van der Waals surface area contributed by atoms with Crippen molar-refractivity contribution in [2.24, 2.45) is 0 Å². The van der Waals surface area contributed by atoms with Gasteiger partial charge in [-0.05, 0) is 49.4 Å². The average molecular weight is 372 g/mol. The van der Waals surface area contributed by atoms with Gasteiger partial charge in [0.2, 0.25) is 0 Å². The van der Waals surface area contributed by atoms with Gasteiger partial charge in [0.1, 0.15) is 17.3 Å². The summed E-state index contributed by atoms with van der Waals surface area (Å²) in [6.07, 6.45) is -0.681. The molecule has 1 aliphatic heterocycles. The minimum Gasteiger partial charge on any atom is -0.508 e. The van der Waals surface area contributed by atoms with Crippen molar-refractivity contribution in [1.29, 1.82) is 0 Å². The van der Waals surface area contributed by atoms with E-state index in [-0.39, 0.29) is 17.6 Å². The normalized spacial score (nSPS) is 15.3. The average Bonchev–Trinajstić information content (AvgIpc) is 2.68. The zero-order valence-corrected chi connectivity index (χ0v) is 15.0. The van der Waals surface area contributed by atoms with Crippen molar-refractivity contribution in [3.8, 4) is 11.5 Å². The summed E-state index contributed by atoms with van der Waals surface area (Å²) in [5.41, 5.74) is 0.304.